The zero-order valence-electron chi connectivity index (χ0n) is 30.7. The molecule has 0 saturated carbocycles. The monoisotopic (exact) mass is 733 g/mol. The van der Waals surface area contributed by atoms with Crippen LogP contribution in [0, 0.1) is 17.7 Å². The average molecular weight is 734 g/mol. The Bertz CT molecular complexity index is 1980. The molecule has 0 unspecified atom stereocenters. The van der Waals surface area contributed by atoms with Crippen LogP contribution in [0.4, 0.5) is 14.9 Å². The predicted octanol–water partition coefficient (Wildman–Crippen LogP) is 7.37. The molecule has 11 nitrogen and oxygen atoms in total. The van der Waals surface area contributed by atoms with E-state index in [-0.39, 0.29) is 71.2 Å². The van der Waals surface area contributed by atoms with Crippen molar-refractivity contribution in [3.05, 3.63) is 95.6 Å². The normalized spacial score (nSPS) is 11.6. The summed E-state index contributed by atoms with van der Waals surface area (Å²) in [6.07, 6.45) is 4.50. The standard InChI is InChI=1S/C39H48FN5O6S/c1-7-12-36-42-33(8-2)37(34(46)18-21-44(38(47)27(5)6)30-13-11-20-41-24-30)45(36)25-29-17-16-28(23-32(29)40)31-14-9-10-15-35(31)52(49,50)43-39(48)51-22-19-26(3)4/h9-11,13-17,20,23-24,26-27H,7-8,12,18-19,21-22,25H2,1-6H3,(H,43,48). The lowest BCUT2D eigenvalue weighted by molar-refractivity contribution is -0.121. The van der Waals surface area contributed by atoms with Gasteiger partial charge in [-0.2, -0.15) is 0 Å². The van der Waals surface area contributed by atoms with Crippen LogP contribution in [0.5, 0.6) is 0 Å². The number of benzene rings is 2. The highest BCUT2D eigenvalue weighted by Crippen LogP contribution is 2.30. The Kier molecular flexibility index (Phi) is 13.8. The van der Waals surface area contributed by atoms with Gasteiger partial charge in [0.05, 0.1) is 35.6 Å². The van der Waals surface area contributed by atoms with E-state index < -0.39 is 21.9 Å². The minimum Gasteiger partial charge on any atom is -0.449 e. The maximum absolute atomic E-state index is 16.0. The minimum atomic E-state index is -4.35. The molecule has 13 heteroatoms. The number of nitrogens with one attached hydrogen (secondary N) is 1. The van der Waals surface area contributed by atoms with E-state index in [0.29, 0.717) is 42.2 Å². The smallest absolute Gasteiger partial charge is 0.421 e. The Morgan fingerprint density at radius 3 is 2.40 bits per heavy atom. The van der Waals surface area contributed by atoms with Gasteiger partial charge in [0.15, 0.2) is 5.78 Å². The summed E-state index contributed by atoms with van der Waals surface area (Å²) in [4.78, 5) is 49.7. The van der Waals surface area contributed by atoms with Gasteiger partial charge in [0.1, 0.15) is 17.3 Å². The number of imidazole rings is 1. The summed E-state index contributed by atoms with van der Waals surface area (Å²) >= 11 is 0. The fraction of sp³-hybridized carbons (Fsp3) is 0.410. The Labute approximate surface area is 305 Å². The van der Waals surface area contributed by atoms with Crippen LogP contribution in [-0.4, -0.2) is 53.9 Å². The van der Waals surface area contributed by atoms with Crippen LogP contribution in [0.1, 0.15) is 88.4 Å². The van der Waals surface area contributed by atoms with Crippen LogP contribution in [0.25, 0.3) is 11.1 Å². The molecule has 4 aromatic rings. The van der Waals surface area contributed by atoms with Gasteiger partial charge in [-0.1, -0.05) is 71.9 Å². The van der Waals surface area contributed by atoms with E-state index in [2.05, 4.69) is 4.98 Å². The molecule has 52 heavy (non-hydrogen) atoms. The highest BCUT2D eigenvalue weighted by atomic mass is 32.2. The van der Waals surface area contributed by atoms with Gasteiger partial charge in [0.25, 0.3) is 10.0 Å². The Morgan fingerprint density at radius 2 is 1.77 bits per heavy atom. The molecule has 0 radical (unpaired) electrons. The van der Waals surface area contributed by atoms with Crippen molar-refractivity contribution in [3.8, 4) is 11.1 Å². The van der Waals surface area contributed by atoms with Crippen molar-refractivity contribution in [1.29, 1.82) is 0 Å². The number of halogens is 1. The van der Waals surface area contributed by atoms with E-state index in [1.165, 1.54) is 24.3 Å². The van der Waals surface area contributed by atoms with E-state index in [1.54, 1.807) is 66.0 Å². The lowest BCUT2D eigenvalue weighted by Crippen LogP contribution is -2.36. The maximum Gasteiger partial charge on any atom is 0.421 e. The molecular weight excluding hydrogens is 686 g/mol. The van der Waals surface area contributed by atoms with E-state index in [1.807, 2.05) is 32.4 Å². The molecule has 2 heterocycles. The molecule has 1 N–H and O–H groups in total. The SMILES string of the molecule is CCCc1nc(CC)c(C(=O)CCN(C(=O)C(C)C)c2cccnc2)n1Cc1ccc(-c2ccccc2S(=O)(=O)NC(=O)OCCC(C)C)cc1F. The Balaban J connectivity index is 1.63. The molecule has 0 saturated heterocycles. The van der Waals surface area contributed by atoms with Gasteiger partial charge < -0.3 is 14.2 Å². The number of amides is 2. The summed E-state index contributed by atoms with van der Waals surface area (Å²) in [5, 5.41) is 0. The third kappa shape index (κ3) is 9.90. The number of aryl methyl sites for hydroxylation is 2. The number of carbonyl (C=O) groups is 3. The number of pyridine rings is 1. The zero-order chi connectivity index (χ0) is 38.0. The van der Waals surface area contributed by atoms with Crippen LogP contribution in [0.15, 0.2) is 71.9 Å². The first-order chi connectivity index (χ1) is 24.8. The summed E-state index contributed by atoms with van der Waals surface area (Å²) < 4.78 is 51.2. The number of hydrogen-bond donors (Lipinski definition) is 1. The summed E-state index contributed by atoms with van der Waals surface area (Å²) in [5.41, 5.74) is 2.32. The molecule has 0 atom stereocenters. The molecule has 2 amide bonds. The second-order valence-electron chi connectivity index (χ2n) is 13.3. The first-order valence-corrected chi connectivity index (χ1v) is 19.2. The van der Waals surface area contributed by atoms with Crippen LogP contribution in [0.2, 0.25) is 0 Å². The second-order valence-corrected chi connectivity index (χ2v) is 14.9. The van der Waals surface area contributed by atoms with Crippen molar-refractivity contribution < 1.29 is 31.9 Å². The van der Waals surface area contributed by atoms with Gasteiger partial charge >= 0.3 is 6.09 Å². The molecule has 0 bridgehead atoms. The first-order valence-electron chi connectivity index (χ1n) is 17.7. The van der Waals surface area contributed by atoms with E-state index >= 15 is 4.39 Å². The van der Waals surface area contributed by atoms with Gasteiger partial charge in [-0.15, -0.1) is 0 Å². The van der Waals surface area contributed by atoms with Crippen molar-refractivity contribution in [3.63, 3.8) is 0 Å². The number of carbonyl (C=O) groups excluding carboxylic acids is 3. The Hall–Kier alpha value is -4.91. The van der Waals surface area contributed by atoms with Gasteiger partial charge in [-0.05, 0) is 55.0 Å². The van der Waals surface area contributed by atoms with E-state index in [9.17, 15) is 22.8 Å². The van der Waals surface area contributed by atoms with Crippen molar-refractivity contribution in [2.45, 2.75) is 85.1 Å². The van der Waals surface area contributed by atoms with Gasteiger partial charge in [0, 0.05) is 42.6 Å². The van der Waals surface area contributed by atoms with Crippen LogP contribution >= 0.6 is 0 Å². The number of hydrogen-bond acceptors (Lipinski definition) is 8. The quantitative estimate of drug-likeness (QED) is 0.111. The molecule has 0 aliphatic heterocycles. The molecule has 4 rings (SSSR count). The summed E-state index contributed by atoms with van der Waals surface area (Å²) in [7, 11) is -4.35. The third-order valence-electron chi connectivity index (χ3n) is 8.49. The molecule has 0 aliphatic carbocycles. The fourth-order valence-corrected chi connectivity index (χ4v) is 6.88. The maximum atomic E-state index is 16.0. The number of nitrogens with zero attached hydrogens (tertiary/aromatic N) is 4. The molecule has 0 fully saturated rings. The van der Waals surface area contributed by atoms with Crippen molar-refractivity contribution in [1.82, 2.24) is 19.3 Å². The third-order valence-corrected chi connectivity index (χ3v) is 9.86. The lowest BCUT2D eigenvalue weighted by atomic mass is 10.0. The van der Waals surface area contributed by atoms with Crippen molar-refractivity contribution >= 4 is 33.5 Å². The highest BCUT2D eigenvalue weighted by Gasteiger charge is 2.27. The van der Waals surface area contributed by atoms with Crippen LogP contribution in [0.3, 0.4) is 0 Å². The van der Waals surface area contributed by atoms with Gasteiger partial charge in [-0.3, -0.25) is 14.6 Å². The van der Waals surface area contributed by atoms with Crippen molar-refractivity contribution in [2.75, 3.05) is 18.1 Å². The molecule has 2 aromatic carbocycles. The average Bonchev–Trinajstić information content (AvgIpc) is 3.45. The number of rotatable bonds is 17. The molecule has 0 spiro atoms. The number of aromatic nitrogens is 3. The van der Waals surface area contributed by atoms with Crippen molar-refractivity contribution in [2.24, 2.45) is 11.8 Å². The topological polar surface area (TPSA) is 141 Å². The van der Waals surface area contributed by atoms with Gasteiger partial charge in [0.2, 0.25) is 5.91 Å². The fourth-order valence-electron chi connectivity index (χ4n) is 5.75. The molecule has 2 aromatic heterocycles. The Morgan fingerprint density at radius 1 is 1.02 bits per heavy atom. The zero-order valence-corrected chi connectivity index (χ0v) is 31.5. The number of ether oxygens (including phenoxy) is 1. The number of Topliss-reactive ketones (excluding diaryl/α,β-unsaturated/α-hetero) is 1. The first kappa shape index (κ1) is 39.9. The second kappa shape index (κ2) is 18.0. The van der Waals surface area contributed by atoms with Crippen LogP contribution < -0.4 is 9.62 Å². The number of ketones is 1. The van der Waals surface area contributed by atoms with Gasteiger partial charge in [-0.25, -0.2) is 27.3 Å². The molecular formula is C39H48FN5O6S. The summed E-state index contributed by atoms with van der Waals surface area (Å²) in [6, 6.07) is 13.9. The lowest BCUT2D eigenvalue weighted by Gasteiger charge is -2.24. The largest absolute Gasteiger partial charge is 0.449 e. The minimum absolute atomic E-state index is 0.0104. The summed E-state index contributed by atoms with van der Waals surface area (Å²) in [5.74, 6) is -0.339. The molecule has 0 aliphatic rings. The van der Waals surface area contributed by atoms with Crippen LogP contribution in [-0.2, 0) is 38.9 Å². The van der Waals surface area contributed by atoms with E-state index in [0.717, 1.165) is 6.42 Å². The van der Waals surface area contributed by atoms with E-state index in [4.69, 9.17) is 9.72 Å². The number of anilines is 1. The summed E-state index contributed by atoms with van der Waals surface area (Å²) in [6.45, 7) is 11.6. The highest BCUT2D eigenvalue weighted by molar-refractivity contribution is 7.90. The number of sulfonamides is 1. The molecule has 278 valence electrons. The predicted molar refractivity (Wildman–Crippen MR) is 198 cm³/mol.